The van der Waals surface area contributed by atoms with Gasteiger partial charge in [0.1, 0.15) is 17.2 Å². The molecule has 1 heterocycles. The molecule has 0 aliphatic rings. The van der Waals surface area contributed by atoms with E-state index >= 15 is 0 Å². The molecule has 0 aliphatic carbocycles. The number of amides is 1. The van der Waals surface area contributed by atoms with Gasteiger partial charge in [0.2, 0.25) is 0 Å². The molecule has 0 radical (unpaired) electrons. The molecule has 3 rings (SSSR count). The fourth-order valence-corrected chi connectivity index (χ4v) is 3.30. The van der Waals surface area contributed by atoms with Gasteiger partial charge in [-0.05, 0) is 57.2 Å². The molecule has 1 amide bonds. The maximum absolute atomic E-state index is 12.4. The second-order valence-corrected chi connectivity index (χ2v) is 7.52. The Morgan fingerprint density at radius 1 is 1.00 bits per heavy atom. The van der Waals surface area contributed by atoms with Crippen LogP contribution in [0.5, 0.6) is 17.2 Å². The highest BCUT2D eigenvalue weighted by atomic mass is 32.1. The summed E-state index contributed by atoms with van der Waals surface area (Å²) in [4.78, 5) is 16.9. The molecule has 1 unspecified atom stereocenters. The lowest BCUT2D eigenvalue weighted by Crippen LogP contribution is -2.30. The molecule has 0 spiro atoms. The first-order chi connectivity index (χ1) is 13.9. The van der Waals surface area contributed by atoms with Crippen LogP contribution in [0.2, 0.25) is 0 Å². The fraction of sp³-hybridized carbons (Fsp3) is 0.273. The summed E-state index contributed by atoms with van der Waals surface area (Å²) in [7, 11) is 1.58. The Bertz CT molecular complexity index is 953. The summed E-state index contributed by atoms with van der Waals surface area (Å²) in [5.41, 5.74) is 1.75. The molecular weight excluding hydrogens is 388 g/mol. The van der Waals surface area contributed by atoms with E-state index in [0.717, 1.165) is 17.0 Å². The molecule has 3 aromatic rings. The Labute approximate surface area is 174 Å². The van der Waals surface area contributed by atoms with Gasteiger partial charge in [-0.3, -0.25) is 10.1 Å². The summed E-state index contributed by atoms with van der Waals surface area (Å²) in [5, 5.41) is 5.23. The Balaban J connectivity index is 1.60. The summed E-state index contributed by atoms with van der Waals surface area (Å²) in [6, 6.07) is 14.9. The smallest absolute Gasteiger partial charge is 0.266 e. The minimum Gasteiger partial charge on any atom is -0.497 e. The average molecular weight is 413 g/mol. The zero-order chi connectivity index (χ0) is 20.8. The molecule has 1 atom stereocenters. The predicted octanol–water partition coefficient (Wildman–Crippen LogP) is 5.01. The lowest BCUT2D eigenvalue weighted by Gasteiger charge is -2.14. The van der Waals surface area contributed by atoms with Crippen molar-refractivity contribution in [2.75, 3.05) is 12.4 Å². The van der Waals surface area contributed by atoms with Crippen molar-refractivity contribution < 1.29 is 19.0 Å². The molecule has 152 valence electrons. The van der Waals surface area contributed by atoms with Crippen molar-refractivity contribution in [2.24, 2.45) is 0 Å². The van der Waals surface area contributed by atoms with E-state index in [1.165, 1.54) is 11.3 Å². The van der Waals surface area contributed by atoms with Crippen LogP contribution >= 0.6 is 11.3 Å². The monoisotopic (exact) mass is 412 g/mol. The van der Waals surface area contributed by atoms with Crippen LogP contribution in [-0.4, -0.2) is 30.2 Å². The summed E-state index contributed by atoms with van der Waals surface area (Å²) in [6.45, 7) is 5.67. The molecule has 0 bridgehead atoms. The third kappa shape index (κ3) is 5.71. The lowest BCUT2D eigenvalue weighted by atomic mass is 10.2. The zero-order valence-electron chi connectivity index (χ0n) is 16.8. The standard InChI is InChI=1S/C22H24N2O4S/c1-14(2)27-17-10-8-16(9-11-17)20-13-29-22(23-20)24-21(25)15(3)28-19-7-5-6-18(12-19)26-4/h5-15H,1-4H3,(H,23,24,25). The number of rotatable bonds is 8. The van der Waals surface area contributed by atoms with Gasteiger partial charge in [-0.2, -0.15) is 0 Å². The van der Waals surface area contributed by atoms with Gasteiger partial charge in [0.15, 0.2) is 11.2 Å². The van der Waals surface area contributed by atoms with E-state index in [-0.39, 0.29) is 12.0 Å². The van der Waals surface area contributed by atoms with Crippen LogP contribution in [0.15, 0.2) is 53.9 Å². The maximum Gasteiger partial charge on any atom is 0.266 e. The van der Waals surface area contributed by atoms with Crippen LogP contribution in [0.3, 0.4) is 0 Å². The Hall–Kier alpha value is -3.06. The van der Waals surface area contributed by atoms with Crippen molar-refractivity contribution in [3.8, 4) is 28.5 Å². The summed E-state index contributed by atoms with van der Waals surface area (Å²) in [5.74, 6) is 1.78. The number of carbonyl (C=O) groups is 1. The number of hydrogen-bond acceptors (Lipinski definition) is 6. The van der Waals surface area contributed by atoms with Crippen LogP contribution in [0.4, 0.5) is 5.13 Å². The number of methoxy groups -OCH3 is 1. The largest absolute Gasteiger partial charge is 0.497 e. The number of benzene rings is 2. The van der Waals surface area contributed by atoms with E-state index < -0.39 is 6.10 Å². The first-order valence-electron chi connectivity index (χ1n) is 9.29. The van der Waals surface area contributed by atoms with Gasteiger partial charge in [0.25, 0.3) is 5.91 Å². The molecule has 0 saturated heterocycles. The van der Waals surface area contributed by atoms with Gasteiger partial charge in [0, 0.05) is 17.0 Å². The van der Waals surface area contributed by atoms with Crippen LogP contribution in [0.25, 0.3) is 11.3 Å². The molecule has 1 N–H and O–H groups in total. The molecule has 7 heteroatoms. The zero-order valence-corrected chi connectivity index (χ0v) is 17.7. The highest BCUT2D eigenvalue weighted by Crippen LogP contribution is 2.27. The summed E-state index contributed by atoms with van der Waals surface area (Å²) < 4.78 is 16.5. The van der Waals surface area contributed by atoms with Crippen molar-refractivity contribution in [3.63, 3.8) is 0 Å². The van der Waals surface area contributed by atoms with E-state index in [1.807, 2.05) is 55.6 Å². The fourth-order valence-electron chi connectivity index (χ4n) is 2.58. The van der Waals surface area contributed by atoms with E-state index in [2.05, 4.69) is 10.3 Å². The Morgan fingerprint density at radius 2 is 1.72 bits per heavy atom. The average Bonchev–Trinajstić information content (AvgIpc) is 3.16. The molecule has 29 heavy (non-hydrogen) atoms. The minimum atomic E-state index is -0.679. The minimum absolute atomic E-state index is 0.128. The molecular formula is C22H24N2O4S. The van der Waals surface area contributed by atoms with Crippen LogP contribution in [0, 0.1) is 0 Å². The van der Waals surface area contributed by atoms with Crippen molar-refractivity contribution >= 4 is 22.4 Å². The first kappa shape index (κ1) is 20.7. The van der Waals surface area contributed by atoms with E-state index in [9.17, 15) is 4.79 Å². The lowest BCUT2D eigenvalue weighted by molar-refractivity contribution is -0.122. The van der Waals surface area contributed by atoms with E-state index in [0.29, 0.717) is 16.6 Å². The molecule has 2 aromatic carbocycles. The molecule has 0 aliphatic heterocycles. The topological polar surface area (TPSA) is 69.7 Å². The predicted molar refractivity (Wildman–Crippen MR) is 115 cm³/mol. The van der Waals surface area contributed by atoms with Crippen LogP contribution in [0.1, 0.15) is 20.8 Å². The van der Waals surface area contributed by atoms with Gasteiger partial charge in [-0.1, -0.05) is 6.07 Å². The number of anilines is 1. The van der Waals surface area contributed by atoms with Crippen molar-refractivity contribution in [1.29, 1.82) is 0 Å². The summed E-state index contributed by atoms with van der Waals surface area (Å²) in [6.07, 6.45) is -0.551. The second-order valence-electron chi connectivity index (χ2n) is 6.66. The highest BCUT2D eigenvalue weighted by Gasteiger charge is 2.17. The van der Waals surface area contributed by atoms with Gasteiger partial charge >= 0.3 is 0 Å². The first-order valence-corrected chi connectivity index (χ1v) is 10.2. The van der Waals surface area contributed by atoms with Crippen LogP contribution < -0.4 is 19.5 Å². The molecule has 0 fully saturated rings. The Kier molecular flexibility index (Phi) is 6.72. The normalized spacial score (nSPS) is 11.8. The third-order valence-electron chi connectivity index (χ3n) is 3.98. The summed E-state index contributed by atoms with van der Waals surface area (Å²) >= 11 is 1.37. The SMILES string of the molecule is COc1cccc(OC(C)C(=O)Nc2nc(-c3ccc(OC(C)C)cc3)cs2)c1. The van der Waals surface area contributed by atoms with E-state index in [4.69, 9.17) is 14.2 Å². The van der Waals surface area contributed by atoms with E-state index in [1.54, 1.807) is 26.2 Å². The third-order valence-corrected chi connectivity index (χ3v) is 4.74. The number of nitrogens with one attached hydrogen (secondary N) is 1. The number of aromatic nitrogens is 1. The maximum atomic E-state index is 12.4. The van der Waals surface area contributed by atoms with Gasteiger partial charge in [-0.15, -0.1) is 11.3 Å². The second kappa shape index (κ2) is 9.43. The number of thiazole rings is 1. The number of carbonyl (C=O) groups excluding carboxylic acids is 1. The van der Waals surface area contributed by atoms with Crippen molar-refractivity contribution in [1.82, 2.24) is 4.98 Å². The molecule has 6 nitrogen and oxygen atoms in total. The van der Waals surface area contributed by atoms with Crippen LogP contribution in [-0.2, 0) is 4.79 Å². The van der Waals surface area contributed by atoms with Gasteiger partial charge in [0.05, 0.1) is 18.9 Å². The molecule has 1 aromatic heterocycles. The number of nitrogens with zero attached hydrogens (tertiary/aromatic N) is 1. The van der Waals surface area contributed by atoms with Gasteiger partial charge in [-0.25, -0.2) is 4.98 Å². The van der Waals surface area contributed by atoms with Gasteiger partial charge < -0.3 is 14.2 Å². The Morgan fingerprint density at radius 3 is 2.41 bits per heavy atom. The molecule has 0 saturated carbocycles. The van der Waals surface area contributed by atoms with Crippen molar-refractivity contribution in [3.05, 3.63) is 53.9 Å². The quantitative estimate of drug-likeness (QED) is 0.563. The number of ether oxygens (including phenoxy) is 3. The highest BCUT2D eigenvalue weighted by molar-refractivity contribution is 7.14. The van der Waals surface area contributed by atoms with Crippen molar-refractivity contribution in [2.45, 2.75) is 33.0 Å². The number of hydrogen-bond donors (Lipinski definition) is 1.